The summed E-state index contributed by atoms with van der Waals surface area (Å²) in [6.45, 7) is 3.32. The molecule has 2 bridgehead atoms. The van der Waals surface area contributed by atoms with Gasteiger partial charge in [-0.3, -0.25) is 0 Å². The zero-order chi connectivity index (χ0) is 14.4. The smallest absolute Gasteiger partial charge is 0.166 e. The first-order chi connectivity index (χ1) is 10.1. The maximum atomic E-state index is 10.3. The van der Waals surface area contributed by atoms with Gasteiger partial charge in [-0.05, 0) is 62.9 Å². The molecule has 3 heteroatoms. The molecule has 0 saturated carbocycles. The number of likely N-dealkylation sites (N-methyl/N-ethyl adjacent to an activating group) is 1. The van der Waals surface area contributed by atoms with Crippen LogP contribution in [0.15, 0.2) is 23.8 Å². The van der Waals surface area contributed by atoms with Gasteiger partial charge in [0.15, 0.2) is 11.5 Å². The molecule has 1 N–H and O–H groups in total. The molecule has 0 radical (unpaired) electrons. The Morgan fingerprint density at radius 1 is 1.38 bits per heavy atom. The van der Waals surface area contributed by atoms with Crippen molar-refractivity contribution in [3.8, 4) is 11.5 Å². The third kappa shape index (κ3) is 1.21. The first kappa shape index (κ1) is 12.1. The third-order valence-electron chi connectivity index (χ3n) is 6.50. The van der Waals surface area contributed by atoms with Crippen LogP contribution in [-0.4, -0.2) is 35.7 Å². The average Bonchev–Trinajstić information content (AvgIpc) is 2.83. The number of allylic oxidation sites excluding steroid dienone is 1. The highest BCUT2D eigenvalue weighted by Crippen LogP contribution is 2.63. The van der Waals surface area contributed by atoms with Gasteiger partial charge in [-0.15, -0.1) is 0 Å². The molecule has 0 aromatic heterocycles. The molecule has 4 atom stereocenters. The fraction of sp³-hybridized carbons (Fsp3) is 0.556. The van der Waals surface area contributed by atoms with E-state index in [1.807, 2.05) is 6.07 Å². The van der Waals surface area contributed by atoms with Crippen LogP contribution in [0.4, 0.5) is 0 Å². The zero-order valence-corrected chi connectivity index (χ0v) is 12.6. The van der Waals surface area contributed by atoms with E-state index in [1.165, 1.54) is 16.7 Å². The molecular weight excluding hydrogens is 262 g/mol. The molecule has 1 spiro atoms. The first-order valence-electron chi connectivity index (χ1n) is 8.02. The summed E-state index contributed by atoms with van der Waals surface area (Å²) in [5.74, 6) is 1.72. The highest BCUT2D eigenvalue weighted by molar-refractivity contribution is 5.62. The van der Waals surface area contributed by atoms with Crippen molar-refractivity contribution in [1.82, 2.24) is 4.90 Å². The Bertz CT molecular complexity index is 680. The number of nitrogens with zero attached hydrogens (tertiary/aromatic N) is 1. The van der Waals surface area contributed by atoms with E-state index >= 15 is 0 Å². The van der Waals surface area contributed by atoms with Crippen LogP contribution in [0.2, 0.25) is 0 Å². The molecular formula is C18H21NO2. The lowest BCUT2D eigenvalue weighted by Crippen LogP contribution is -2.63. The molecule has 1 aromatic carbocycles. The van der Waals surface area contributed by atoms with Crippen molar-refractivity contribution in [2.75, 3.05) is 13.6 Å². The normalized spacial score (nSPS) is 39.5. The minimum absolute atomic E-state index is 0.109. The maximum Gasteiger partial charge on any atom is 0.166 e. The lowest BCUT2D eigenvalue weighted by Gasteiger charge is -2.57. The van der Waals surface area contributed by atoms with Crippen LogP contribution in [0.3, 0.4) is 0 Å². The Hall–Kier alpha value is -1.48. The quantitative estimate of drug-likeness (QED) is 0.743. The predicted octanol–water partition coefficient (Wildman–Crippen LogP) is 2.62. The Morgan fingerprint density at radius 3 is 3.10 bits per heavy atom. The van der Waals surface area contributed by atoms with Crippen molar-refractivity contribution in [2.24, 2.45) is 5.92 Å². The summed E-state index contributed by atoms with van der Waals surface area (Å²) in [6, 6.07) is 4.55. The second-order valence-electron chi connectivity index (χ2n) is 7.28. The van der Waals surface area contributed by atoms with Gasteiger partial charge in [-0.1, -0.05) is 12.1 Å². The molecule has 3 nitrogen and oxygen atoms in total. The Labute approximate surface area is 125 Å². The average molecular weight is 283 g/mol. The zero-order valence-electron chi connectivity index (χ0n) is 12.6. The summed E-state index contributed by atoms with van der Waals surface area (Å²) in [7, 11) is 2.26. The van der Waals surface area contributed by atoms with Crippen LogP contribution in [-0.2, 0) is 11.8 Å². The molecule has 5 rings (SSSR count). The highest BCUT2D eigenvalue weighted by Gasteiger charge is 2.63. The Balaban J connectivity index is 1.85. The molecule has 2 heterocycles. The topological polar surface area (TPSA) is 32.7 Å². The van der Waals surface area contributed by atoms with E-state index in [0.717, 1.165) is 31.6 Å². The number of hydrogen-bond acceptors (Lipinski definition) is 3. The number of hydrogen-bond donors (Lipinski definition) is 1. The molecule has 2 aliphatic carbocycles. The van der Waals surface area contributed by atoms with E-state index < -0.39 is 0 Å². The summed E-state index contributed by atoms with van der Waals surface area (Å²) >= 11 is 0. The van der Waals surface area contributed by atoms with Gasteiger partial charge in [0.2, 0.25) is 0 Å². The number of phenolic OH excluding ortho intramolecular Hbond substituents is 1. The number of likely N-dealkylation sites (tertiary alicyclic amines) is 1. The van der Waals surface area contributed by atoms with E-state index in [2.05, 4.69) is 31.0 Å². The standard InChI is InChI=1S/C18H21NO2/c1-10-3-5-12-13-9-11-4-6-14(20)16-15(11)18(12,17(10)21-16)7-8-19(13)2/h3-4,6,12-13,17,20H,5,7-9H2,1-2H3/t12-,13+,17?,18-/m0/s1. The van der Waals surface area contributed by atoms with E-state index in [-0.39, 0.29) is 11.5 Å². The Morgan fingerprint density at radius 2 is 2.24 bits per heavy atom. The third-order valence-corrected chi connectivity index (χ3v) is 6.50. The van der Waals surface area contributed by atoms with Gasteiger partial charge in [-0.25, -0.2) is 0 Å². The van der Waals surface area contributed by atoms with Gasteiger partial charge in [0.05, 0.1) is 0 Å². The SMILES string of the molecule is CC1=CC[C@H]2[C@H]3Cc4ccc(O)c5c4[C@@]2(CCN3C)C1O5. The molecule has 2 aliphatic heterocycles. The lowest BCUT2D eigenvalue weighted by molar-refractivity contribution is -0.00815. The Kier molecular flexibility index (Phi) is 2.10. The second kappa shape index (κ2) is 3.64. The molecule has 1 unspecified atom stereocenters. The monoisotopic (exact) mass is 283 g/mol. The number of phenols is 1. The van der Waals surface area contributed by atoms with Gasteiger partial charge < -0.3 is 14.7 Å². The largest absolute Gasteiger partial charge is 0.504 e. The highest BCUT2D eigenvalue weighted by atomic mass is 16.5. The summed E-state index contributed by atoms with van der Waals surface area (Å²) in [6.07, 6.45) is 5.89. The number of rotatable bonds is 0. The van der Waals surface area contributed by atoms with Crippen LogP contribution in [0, 0.1) is 5.92 Å². The van der Waals surface area contributed by atoms with Gasteiger partial charge >= 0.3 is 0 Å². The van der Waals surface area contributed by atoms with E-state index in [1.54, 1.807) is 0 Å². The second-order valence-corrected chi connectivity index (χ2v) is 7.28. The van der Waals surface area contributed by atoms with Crippen LogP contribution in [0.1, 0.15) is 30.9 Å². The molecule has 4 aliphatic rings. The molecule has 0 amide bonds. The predicted molar refractivity (Wildman–Crippen MR) is 80.8 cm³/mol. The first-order valence-corrected chi connectivity index (χ1v) is 8.02. The number of ether oxygens (including phenoxy) is 1. The molecule has 1 aromatic rings. The van der Waals surface area contributed by atoms with Crippen molar-refractivity contribution in [3.63, 3.8) is 0 Å². The van der Waals surface area contributed by atoms with Crippen molar-refractivity contribution < 1.29 is 9.84 Å². The van der Waals surface area contributed by atoms with E-state index in [0.29, 0.717) is 17.7 Å². The van der Waals surface area contributed by atoms with Gasteiger partial charge in [0, 0.05) is 17.0 Å². The maximum absolute atomic E-state index is 10.3. The van der Waals surface area contributed by atoms with Crippen LogP contribution < -0.4 is 4.74 Å². The summed E-state index contributed by atoms with van der Waals surface area (Å²) < 4.78 is 6.32. The fourth-order valence-corrected chi connectivity index (χ4v) is 5.58. The van der Waals surface area contributed by atoms with Gasteiger partial charge in [0.1, 0.15) is 6.10 Å². The van der Waals surface area contributed by atoms with Crippen molar-refractivity contribution in [1.29, 1.82) is 0 Å². The molecule has 110 valence electrons. The number of benzene rings is 1. The molecule has 1 fully saturated rings. The minimum atomic E-state index is 0.109. The molecule has 21 heavy (non-hydrogen) atoms. The van der Waals surface area contributed by atoms with E-state index in [4.69, 9.17) is 4.74 Å². The van der Waals surface area contributed by atoms with Crippen molar-refractivity contribution in [3.05, 3.63) is 34.9 Å². The fourth-order valence-electron chi connectivity index (χ4n) is 5.58. The summed E-state index contributed by atoms with van der Waals surface area (Å²) in [4.78, 5) is 2.54. The van der Waals surface area contributed by atoms with Gasteiger partial charge in [-0.2, -0.15) is 0 Å². The lowest BCUT2D eigenvalue weighted by atomic mass is 9.52. The van der Waals surface area contributed by atoms with E-state index in [9.17, 15) is 5.11 Å². The van der Waals surface area contributed by atoms with Crippen LogP contribution >= 0.6 is 0 Å². The van der Waals surface area contributed by atoms with Crippen molar-refractivity contribution >= 4 is 0 Å². The summed E-state index contributed by atoms with van der Waals surface area (Å²) in [5.41, 5.74) is 4.19. The van der Waals surface area contributed by atoms with Crippen molar-refractivity contribution in [2.45, 2.75) is 43.7 Å². The molecule has 1 saturated heterocycles. The number of aromatic hydroxyl groups is 1. The van der Waals surface area contributed by atoms with Gasteiger partial charge in [0.25, 0.3) is 0 Å². The van der Waals surface area contributed by atoms with Crippen LogP contribution in [0.25, 0.3) is 0 Å². The number of piperidine rings is 1. The van der Waals surface area contributed by atoms with Crippen LogP contribution in [0.5, 0.6) is 11.5 Å². The minimum Gasteiger partial charge on any atom is -0.504 e. The summed E-state index contributed by atoms with van der Waals surface area (Å²) in [5, 5.41) is 10.3.